The molecule has 0 fully saturated rings. The van der Waals surface area contributed by atoms with Crippen LogP contribution in [0.2, 0.25) is 0 Å². The summed E-state index contributed by atoms with van der Waals surface area (Å²) in [6.45, 7) is 3.95. The summed E-state index contributed by atoms with van der Waals surface area (Å²) in [7, 11) is -3.41. The van der Waals surface area contributed by atoms with Gasteiger partial charge in [0.2, 0.25) is 10.0 Å². The van der Waals surface area contributed by atoms with Crippen LogP contribution in [0.3, 0.4) is 0 Å². The molecule has 0 spiro atoms. The Morgan fingerprint density at radius 2 is 2.17 bits per heavy atom. The Labute approximate surface area is 106 Å². The Morgan fingerprint density at radius 3 is 2.72 bits per heavy atom. The van der Waals surface area contributed by atoms with Crippen LogP contribution < -0.4 is 4.72 Å². The van der Waals surface area contributed by atoms with Crippen molar-refractivity contribution in [1.29, 1.82) is 0 Å². The van der Waals surface area contributed by atoms with Crippen molar-refractivity contribution in [2.45, 2.75) is 18.7 Å². The van der Waals surface area contributed by atoms with Gasteiger partial charge >= 0.3 is 0 Å². The molecule has 1 aromatic heterocycles. The fourth-order valence-electron chi connectivity index (χ4n) is 1.68. The largest absolute Gasteiger partial charge is 0.259 e. The molecule has 0 radical (unpaired) electrons. The molecular formula is C11H14N4O2S. The van der Waals surface area contributed by atoms with Crippen molar-refractivity contribution in [3.8, 4) is 11.4 Å². The molecule has 7 heteroatoms. The Morgan fingerprint density at radius 1 is 1.39 bits per heavy atom. The van der Waals surface area contributed by atoms with E-state index in [0.717, 1.165) is 11.1 Å². The molecule has 1 aromatic carbocycles. The molecule has 0 amide bonds. The SMILES string of the molecule is CCNS(=O)(=O)c1ccc(-c2ncn[nH]2)c(C)c1. The maximum Gasteiger partial charge on any atom is 0.240 e. The van der Waals surface area contributed by atoms with Crippen LogP contribution in [-0.2, 0) is 10.0 Å². The van der Waals surface area contributed by atoms with Crippen molar-refractivity contribution >= 4 is 10.0 Å². The van der Waals surface area contributed by atoms with Crippen LogP contribution in [-0.4, -0.2) is 30.1 Å². The van der Waals surface area contributed by atoms with E-state index in [0.29, 0.717) is 12.4 Å². The number of aromatic amines is 1. The Bertz CT molecular complexity index is 635. The monoisotopic (exact) mass is 266 g/mol. The molecule has 18 heavy (non-hydrogen) atoms. The van der Waals surface area contributed by atoms with Crippen molar-refractivity contribution in [1.82, 2.24) is 19.9 Å². The third kappa shape index (κ3) is 2.41. The maximum atomic E-state index is 11.8. The fourth-order valence-corrected chi connectivity index (χ4v) is 2.80. The van der Waals surface area contributed by atoms with Gasteiger partial charge < -0.3 is 0 Å². The van der Waals surface area contributed by atoms with Gasteiger partial charge in [0.25, 0.3) is 0 Å². The number of hydrogen-bond acceptors (Lipinski definition) is 4. The number of aromatic nitrogens is 3. The predicted octanol–water partition coefficient (Wildman–Crippen LogP) is 1.08. The summed E-state index contributed by atoms with van der Waals surface area (Å²) in [6, 6.07) is 4.90. The van der Waals surface area contributed by atoms with Gasteiger partial charge in [0, 0.05) is 12.1 Å². The summed E-state index contributed by atoms with van der Waals surface area (Å²) >= 11 is 0. The fraction of sp³-hybridized carbons (Fsp3) is 0.273. The highest BCUT2D eigenvalue weighted by Gasteiger charge is 2.14. The number of H-pyrrole nitrogens is 1. The highest BCUT2D eigenvalue weighted by molar-refractivity contribution is 7.89. The quantitative estimate of drug-likeness (QED) is 0.866. The van der Waals surface area contributed by atoms with E-state index in [-0.39, 0.29) is 4.90 Å². The molecule has 2 rings (SSSR count). The van der Waals surface area contributed by atoms with Crippen LogP contribution in [0.1, 0.15) is 12.5 Å². The van der Waals surface area contributed by atoms with Crippen molar-refractivity contribution in [2.75, 3.05) is 6.54 Å². The minimum absolute atomic E-state index is 0.255. The van der Waals surface area contributed by atoms with E-state index >= 15 is 0 Å². The van der Waals surface area contributed by atoms with Crippen LogP contribution in [0.4, 0.5) is 0 Å². The van der Waals surface area contributed by atoms with E-state index in [9.17, 15) is 8.42 Å². The van der Waals surface area contributed by atoms with Gasteiger partial charge in [0.1, 0.15) is 6.33 Å². The molecule has 96 valence electrons. The third-order valence-corrected chi connectivity index (χ3v) is 4.06. The lowest BCUT2D eigenvalue weighted by molar-refractivity contribution is 0.584. The highest BCUT2D eigenvalue weighted by Crippen LogP contribution is 2.22. The molecule has 1 heterocycles. The number of nitrogens with zero attached hydrogens (tertiary/aromatic N) is 2. The molecule has 0 saturated carbocycles. The highest BCUT2D eigenvalue weighted by atomic mass is 32.2. The summed E-state index contributed by atoms with van der Waals surface area (Å²) < 4.78 is 26.1. The van der Waals surface area contributed by atoms with Gasteiger partial charge in [-0.05, 0) is 30.7 Å². The summed E-state index contributed by atoms with van der Waals surface area (Å²) in [4.78, 5) is 4.30. The third-order valence-electron chi connectivity index (χ3n) is 2.51. The zero-order valence-electron chi connectivity index (χ0n) is 10.1. The summed E-state index contributed by atoms with van der Waals surface area (Å²) in [5.74, 6) is 0.625. The molecule has 0 aliphatic carbocycles. The van der Waals surface area contributed by atoms with Crippen LogP contribution in [0.15, 0.2) is 29.4 Å². The second-order valence-electron chi connectivity index (χ2n) is 3.81. The number of rotatable bonds is 4. The molecule has 0 bridgehead atoms. The number of aryl methyl sites for hydroxylation is 1. The van der Waals surface area contributed by atoms with Crippen LogP contribution in [0.25, 0.3) is 11.4 Å². The molecule has 0 aliphatic rings. The van der Waals surface area contributed by atoms with Crippen molar-refractivity contribution in [3.63, 3.8) is 0 Å². The minimum atomic E-state index is -3.41. The molecule has 0 unspecified atom stereocenters. The van der Waals surface area contributed by atoms with Gasteiger partial charge in [0.05, 0.1) is 4.90 Å². The standard InChI is InChI=1S/C11H14N4O2S/c1-3-14-18(16,17)9-4-5-10(8(2)6-9)11-12-7-13-15-11/h4-7,14H,3H2,1-2H3,(H,12,13,15). The van der Waals surface area contributed by atoms with Gasteiger partial charge in [-0.3, -0.25) is 5.10 Å². The zero-order valence-corrected chi connectivity index (χ0v) is 11.0. The minimum Gasteiger partial charge on any atom is -0.259 e. The Balaban J connectivity index is 2.43. The summed E-state index contributed by atoms with van der Waals surface area (Å²) in [6.07, 6.45) is 1.41. The first-order valence-electron chi connectivity index (χ1n) is 5.50. The van der Waals surface area contributed by atoms with Crippen LogP contribution in [0.5, 0.6) is 0 Å². The molecular weight excluding hydrogens is 252 g/mol. The van der Waals surface area contributed by atoms with E-state index in [1.807, 2.05) is 6.92 Å². The normalized spacial score (nSPS) is 11.7. The average molecular weight is 266 g/mol. The van der Waals surface area contributed by atoms with Crippen molar-refractivity contribution in [3.05, 3.63) is 30.1 Å². The van der Waals surface area contributed by atoms with Crippen LogP contribution >= 0.6 is 0 Å². The molecule has 2 N–H and O–H groups in total. The Hall–Kier alpha value is -1.73. The lowest BCUT2D eigenvalue weighted by Gasteiger charge is -2.07. The van der Waals surface area contributed by atoms with Gasteiger partial charge in [-0.15, -0.1) is 0 Å². The molecule has 6 nitrogen and oxygen atoms in total. The van der Waals surface area contributed by atoms with E-state index in [2.05, 4.69) is 19.9 Å². The topological polar surface area (TPSA) is 87.7 Å². The lowest BCUT2D eigenvalue weighted by atomic mass is 10.1. The van der Waals surface area contributed by atoms with Crippen molar-refractivity contribution in [2.24, 2.45) is 0 Å². The number of nitrogens with one attached hydrogen (secondary N) is 2. The lowest BCUT2D eigenvalue weighted by Crippen LogP contribution is -2.23. The smallest absolute Gasteiger partial charge is 0.240 e. The first kappa shape index (κ1) is 12.7. The van der Waals surface area contributed by atoms with Crippen LogP contribution in [0, 0.1) is 6.92 Å². The summed E-state index contributed by atoms with van der Waals surface area (Å²) in [5, 5.41) is 6.53. The van der Waals surface area contributed by atoms with E-state index in [4.69, 9.17) is 0 Å². The predicted molar refractivity (Wildman–Crippen MR) is 67.4 cm³/mol. The average Bonchev–Trinajstić information content (AvgIpc) is 2.82. The summed E-state index contributed by atoms with van der Waals surface area (Å²) in [5.41, 5.74) is 1.66. The number of sulfonamides is 1. The second-order valence-corrected chi connectivity index (χ2v) is 5.58. The maximum absolute atomic E-state index is 11.8. The molecule has 0 aliphatic heterocycles. The van der Waals surface area contributed by atoms with E-state index in [1.165, 1.54) is 6.33 Å². The molecule has 0 saturated heterocycles. The zero-order chi connectivity index (χ0) is 13.2. The van der Waals surface area contributed by atoms with Gasteiger partial charge in [-0.1, -0.05) is 6.92 Å². The molecule has 0 atom stereocenters. The van der Waals surface area contributed by atoms with Gasteiger partial charge in [0.15, 0.2) is 5.82 Å². The number of hydrogen-bond donors (Lipinski definition) is 2. The Kier molecular flexibility index (Phi) is 3.44. The van der Waals surface area contributed by atoms with E-state index < -0.39 is 10.0 Å². The van der Waals surface area contributed by atoms with Gasteiger partial charge in [-0.25, -0.2) is 18.1 Å². The van der Waals surface area contributed by atoms with Crippen molar-refractivity contribution < 1.29 is 8.42 Å². The number of benzene rings is 1. The van der Waals surface area contributed by atoms with E-state index in [1.54, 1.807) is 25.1 Å². The first-order valence-corrected chi connectivity index (χ1v) is 6.99. The second kappa shape index (κ2) is 4.87. The molecule has 2 aromatic rings. The first-order chi connectivity index (χ1) is 8.54. The van der Waals surface area contributed by atoms with Gasteiger partial charge in [-0.2, -0.15) is 5.10 Å².